The molecule has 1 aromatic heterocycles. The van der Waals surface area contributed by atoms with Crippen LogP contribution in [-0.4, -0.2) is 22.4 Å². The number of rotatable bonds is 6. The number of hydrogen-bond acceptors (Lipinski definition) is 4. The number of benzene rings is 2. The average Bonchev–Trinajstić information content (AvgIpc) is 2.65. The van der Waals surface area contributed by atoms with Crippen LogP contribution in [0.25, 0.3) is 0 Å². The molecule has 3 aromatic rings. The van der Waals surface area contributed by atoms with Crippen LogP contribution in [0.2, 0.25) is 0 Å². The number of nitrogens with zero attached hydrogens (tertiary/aromatic N) is 2. The number of aryl methyl sites for hydroxylation is 3. The van der Waals surface area contributed by atoms with Crippen LogP contribution in [0, 0.1) is 20.8 Å². The Balaban J connectivity index is 1.65. The molecule has 0 bridgehead atoms. The lowest BCUT2D eigenvalue weighted by atomic mass is 10.0. The number of carbonyl (C=O) groups is 1. The van der Waals surface area contributed by atoms with Gasteiger partial charge in [0.25, 0.3) is 5.91 Å². The van der Waals surface area contributed by atoms with Gasteiger partial charge in [0.15, 0.2) is 0 Å². The molecule has 5 nitrogen and oxygen atoms in total. The molecule has 0 aliphatic heterocycles. The molecule has 0 aliphatic rings. The molecule has 2 N–H and O–H groups in total. The van der Waals surface area contributed by atoms with Gasteiger partial charge in [-0.1, -0.05) is 48.0 Å². The molecule has 1 heterocycles. The summed E-state index contributed by atoms with van der Waals surface area (Å²) in [5, 5.41) is 6.23. The second kappa shape index (κ2) is 8.45. The van der Waals surface area contributed by atoms with E-state index in [1.807, 2.05) is 39.0 Å². The third-order valence-electron chi connectivity index (χ3n) is 4.38. The van der Waals surface area contributed by atoms with Gasteiger partial charge < -0.3 is 10.6 Å². The van der Waals surface area contributed by atoms with Gasteiger partial charge in [0, 0.05) is 18.3 Å². The van der Waals surface area contributed by atoms with Crippen LogP contribution in [0.5, 0.6) is 0 Å². The normalized spacial score (nSPS) is 10.5. The monoisotopic (exact) mass is 360 g/mol. The maximum atomic E-state index is 12.6. The topological polar surface area (TPSA) is 66.9 Å². The highest BCUT2D eigenvalue weighted by Crippen LogP contribution is 2.22. The summed E-state index contributed by atoms with van der Waals surface area (Å²) in [6.07, 6.45) is 2.29. The highest BCUT2D eigenvalue weighted by Gasteiger charge is 2.12. The van der Waals surface area contributed by atoms with E-state index < -0.39 is 0 Å². The molecule has 0 unspecified atom stereocenters. The van der Waals surface area contributed by atoms with Crippen molar-refractivity contribution in [2.24, 2.45) is 0 Å². The van der Waals surface area contributed by atoms with Crippen molar-refractivity contribution < 1.29 is 4.79 Å². The molecule has 3 rings (SSSR count). The fraction of sp³-hybridized carbons (Fsp3) is 0.227. The van der Waals surface area contributed by atoms with E-state index in [0.717, 1.165) is 29.8 Å². The van der Waals surface area contributed by atoms with Crippen LogP contribution in [-0.2, 0) is 6.42 Å². The molecule has 0 radical (unpaired) electrons. The highest BCUT2D eigenvalue weighted by atomic mass is 16.1. The Kier molecular flexibility index (Phi) is 5.81. The van der Waals surface area contributed by atoms with Gasteiger partial charge in [0.05, 0.1) is 0 Å². The third-order valence-corrected chi connectivity index (χ3v) is 4.38. The quantitative estimate of drug-likeness (QED) is 0.687. The van der Waals surface area contributed by atoms with Gasteiger partial charge in [-0.2, -0.15) is 0 Å². The predicted octanol–water partition coefficient (Wildman–Crippen LogP) is 4.31. The minimum absolute atomic E-state index is 0.237. The lowest BCUT2D eigenvalue weighted by Gasteiger charge is -2.13. The molecule has 5 heteroatoms. The number of carbonyl (C=O) groups excluding carboxylic acids is 1. The summed E-state index contributed by atoms with van der Waals surface area (Å²) >= 11 is 0. The first-order valence-corrected chi connectivity index (χ1v) is 9.02. The van der Waals surface area contributed by atoms with E-state index in [-0.39, 0.29) is 5.91 Å². The SMILES string of the molecule is Cc1cc(C)c(NC(=O)c2cc(NCCc3ccccc3)ncn2)c(C)c1. The van der Waals surface area contributed by atoms with Crippen LogP contribution in [0.1, 0.15) is 32.7 Å². The molecular weight excluding hydrogens is 336 g/mol. The summed E-state index contributed by atoms with van der Waals surface area (Å²) in [5.74, 6) is 0.405. The largest absolute Gasteiger partial charge is 0.370 e. The Bertz CT molecular complexity index is 915. The molecule has 138 valence electrons. The molecule has 2 aromatic carbocycles. The van der Waals surface area contributed by atoms with Crippen molar-refractivity contribution in [3.8, 4) is 0 Å². The minimum atomic E-state index is -0.237. The van der Waals surface area contributed by atoms with E-state index in [1.54, 1.807) is 6.07 Å². The zero-order chi connectivity index (χ0) is 19.2. The average molecular weight is 360 g/mol. The molecular formula is C22H24N4O. The highest BCUT2D eigenvalue weighted by molar-refractivity contribution is 6.04. The standard InChI is InChI=1S/C22H24N4O/c1-15-11-16(2)21(17(3)12-15)26-22(27)19-13-20(25-14-24-19)23-10-9-18-7-5-4-6-8-18/h4-8,11-14H,9-10H2,1-3H3,(H,26,27)(H,23,24,25). The first kappa shape index (κ1) is 18.6. The molecule has 0 saturated carbocycles. The molecule has 0 fully saturated rings. The summed E-state index contributed by atoms with van der Waals surface area (Å²) in [7, 11) is 0. The second-order valence-corrected chi connectivity index (χ2v) is 6.68. The van der Waals surface area contributed by atoms with Gasteiger partial charge in [-0.3, -0.25) is 4.79 Å². The van der Waals surface area contributed by atoms with Crippen molar-refractivity contribution in [1.82, 2.24) is 9.97 Å². The maximum Gasteiger partial charge on any atom is 0.274 e. The number of nitrogens with one attached hydrogen (secondary N) is 2. The summed E-state index contributed by atoms with van der Waals surface area (Å²) in [6.45, 7) is 6.76. The number of aromatic nitrogens is 2. The van der Waals surface area contributed by atoms with Gasteiger partial charge in [0.1, 0.15) is 17.8 Å². The Labute approximate surface area is 159 Å². The maximum absolute atomic E-state index is 12.6. The number of anilines is 2. The summed E-state index contributed by atoms with van der Waals surface area (Å²) in [5.41, 5.74) is 5.68. The van der Waals surface area contributed by atoms with Crippen molar-refractivity contribution >= 4 is 17.4 Å². The molecule has 0 spiro atoms. The van der Waals surface area contributed by atoms with Gasteiger partial charge in [-0.25, -0.2) is 9.97 Å². The van der Waals surface area contributed by atoms with Crippen LogP contribution in [0.15, 0.2) is 54.9 Å². The van der Waals surface area contributed by atoms with Crippen molar-refractivity contribution in [3.05, 3.63) is 82.8 Å². The minimum Gasteiger partial charge on any atom is -0.370 e. The molecule has 27 heavy (non-hydrogen) atoms. The Morgan fingerprint density at radius 2 is 1.67 bits per heavy atom. The van der Waals surface area contributed by atoms with E-state index in [2.05, 4.69) is 44.9 Å². The fourth-order valence-electron chi connectivity index (χ4n) is 3.11. The van der Waals surface area contributed by atoms with Crippen LogP contribution < -0.4 is 10.6 Å². The van der Waals surface area contributed by atoms with E-state index in [0.29, 0.717) is 11.5 Å². The van der Waals surface area contributed by atoms with E-state index >= 15 is 0 Å². The van der Waals surface area contributed by atoms with Crippen molar-refractivity contribution in [2.75, 3.05) is 17.2 Å². The van der Waals surface area contributed by atoms with Gasteiger partial charge in [0.2, 0.25) is 0 Å². The zero-order valence-corrected chi connectivity index (χ0v) is 15.9. The van der Waals surface area contributed by atoms with E-state index in [1.165, 1.54) is 17.5 Å². The van der Waals surface area contributed by atoms with Crippen molar-refractivity contribution in [3.63, 3.8) is 0 Å². The second-order valence-electron chi connectivity index (χ2n) is 6.68. The smallest absolute Gasteiger partial charge is 0.274 e. The lowest BCUT2D eigenvalue weighted by molar-refractivity contribution is 0.102. The summed E-state index contributed by atoms with van der Waals surface area (Å²) in [6, 6.07) is 16.0. The molecule has 0 saturated heterocycles. The van der Waals surface area contributed by atoms with Gasteiger partial charge >= 0.3 is 0 Å². The van der Waals surface area contributed by atoms with E-state index in [9.17, 15) is 4.79 Å². The third kappa shape index (κ3) is 4.91. The first-order valence-electron chi connectivity index (χ1n) is 9.02. The number of hydrogen-bond donors (Lipinski definition) is 2. The Morgan fingerprint density at radius 1 is 0.963 bits per heavy atom. The van der Waals surface area contributed by atoms with Crippen molar-refractivity contribution in [2.45, 2.75) is 27.2 Å². The summed E-state index contributed by atoms with van der Waals surface area (Å²) in [4.78, 5) is 20.9. The molecule has 1 amide bonds. The Morgan fingerprint density at radius 3 is 2.37 bits per heavy atom. The summed E-state index contributed by atoms with van der Waals surface area (Å²) < 4.78 is 0. The zero-order valence-electron chi connectivity index (χ0n) is 15.9. The number of amides is 1. The van der Waals surface area contributed by atoms with Crippen LogP contribution in [0.3, 0.4) is 0 Å². The van der Waals surface area contributed by atoms with Crippen molar-refractivity contribution in [1.29, 1.82) is 0 Å². The molecule has 0 atom stereocenters. The Hall–Kier alpha value is -3.21. The predicted molar refractivity (Wildman–Crippen MR) is 109 cm³/mol. The van der Waals surface area contributed by atoms with Gasteiger partial charge in [-0.15, -0.1) is 0 Å². The molecule has 0 aliphatic carbocycles. The van der Waals surface area contributed by atoms with Crippen LogP contribution in [0.4, 0.5) is 11.5 Å². The van der Waals surface area contributed by atoms with Gasteiger partial charge in [-0.05, 0) is 43.9 Å². The van der Waals surface area contributed by atoms with E-state index in [4.69, 9.17) is 0 Å². The van der Waals surface area contributed by atoms with Crippen LogP contribution >= 0.6 is 0 Å². The fourth-order valence-corrected chi connectivity index (χ4v) is 3.11. The lowest BCUT2D eigenvalue weighted by Crippen LogP contribution is -2.16. The first-order chi connectivity index (χ1) is 13.0.